The molecule has 1 aliphatic heterocycles. The van der Waals surface area contributed by atoms with E-state index in [-0.39, 0.29) is 30.8 Å². The molecule has 1 aromatic carbocycles. The van der Waals surface area contributed by atoms with E-state index in [1.54, 1.807) is 10.4 Å². The van der Waals surface area contributed by atoms with E-state index in [2.05, 4.69) is 5.32 Å². The van der Waals surface area contributed by atoms with E-state index >= 15 is 0 Å². The average Bonchev–Trinajstić information content (AvgIpc) is 2.55. The SMILES string of the molecule is Cc1ccc(C)c(S(=O)(=O)N2CCCCC2CNC(=O)CCN)c1.Cl. The molecule has 2 rings (SSSR count). The molecular weight excluding hydrogens is 362 g/mol. The van der Waals surface area contributed by atoms with Crippen molar-refractivity contribution in [1.29, 1.82) is 0 Å². The second-order valence-corrected chi connectivity index (χ2v) is 8.24. The maximum atomic E-state index is 13.1. The van der Waals surface area contributed by atoms with Gasteiger partial charge < -0.3 is 11.1 Å². The second-order valence-electron chi connectivity index (χ2n) is 6.38. The fourth-order valence-corrected chi connectivity index (χ4v) is 5.06. The summed E-state index contributed by atoms with van der Waals surface area (Å²) in [5, 5.41) is 2.81. The summed E-state index contributed by atoms with van der Waals surface area (Å²) in [5.41, 5.74) is 7.04. The summed E-state index contributed by atoms with van der Waals surface area (Å²) in [7, 11) is -3.57. The van der Waals surface area contributed by atoms with Gasteiger partial charge in [0.25, 0.3) is 0 Å². The summed E-state index contributed by atoms with van der Waals surface area (Å²) in [6.07, 6.45) is 2.83. The van der Waals surface area contributed by atoms with Crippen molar-refractivity contribution in [2.24, 2.45) is 5.73 Å². The van der Waals surface area contributed by atoms with Gasteiger partial charge in [-0.25, -0.2) is 8.42 Å². The molecule has 1 aromatic rings. The Morgan fingerprint density at radius 3 is 2.72 bits per heavy atom. The van der Waals surface area contributed by atoms with E-state index in [0.717, 1.165) is 30.4 Å². The van der Waals surface area contributed by atoms with Crippen molar-refractivity contribution in [3.05, 3.63) is 29.3 Å². The van der Waals surface area contributed by atoms with Crippen molar-refractivity contribution < 1.29 is 13.2 Å². The van der Waals surface area contributed by atoms with Gasteiger partial charge in [0.15, 0.2) is 0 Å². The van der Waals surface area contributed by atoms with E-state index in [1.807, 2.05) is 26.0 Å². The van der Waals surface area contributed by atoms with E-state index < -0.39 is 10.0 Å². The highest BCUT2D eigenvalue weighted by Crippen LogP contribution is 2.27. The van der Waals surface area contributed by atoms with Gasteiger partial charge in [0.05, 0.1) is 4.90 Å². The molecule has 0 radical (unpaired) electrons. The largest absolute Gasteiger partial charge is 0.354 e. The minimum absolute atomic E-state index is 0. The Morgan fingerprint density at radius 1 is 1.32 bits per heavy atom. The third-order valence-corrected chi connectivity index (χ3v) is 6.50. The fourth-order valence-electron chi connectivity index (χ4n) is 3.06. The van der Waals surface area contributed by atoms with Crippen LogP contribution in [-0.2, 0) is 14.8 Å². The summed E-state index contributed by atoms with van der Waals surface area (Å²) < 4.78 is 27.8. The van der Waals surface area contributed by atoms with E-state index in [4.69, 9.17) is 5.73 Å². The molecular formula is C17H28ClN3O3S. The molecule has 0 bridgehead atoms. The molecule has 1 amide bonds. The zero-order valence-electron chi connectivity index (χ0n) is 14.8. The molecule has 0 aliphatic carbocycles. The molecule has 1 unspecified atom stereocenters. The van der Waals surface area contributed by atoms with Crippen LogP contribution in [0.4, 0.5) is 0 Å². The van der Waals surface area contributed by atoms with Gasteiger partial charge >= 0.3 is 0 Å². The van der Waals surface area contributed by atoms with E-state index in [9.17, 15) is 13.2 Å². The number of hydrogen-bond donors (Lipinski definition) is 2. The van der Waals surface area contributed by atoms with E-state index in [0.29, 0.717) is 24.5 Å². The summed E-state index contributed by atoms with van der Waals surface area (Å²) in [4.78, 5) is 12.0. The normalized spacial score (nSPS) is 18.4. The lowest BCUT2D eigenvalue weighted by Gasteiger charge is -2.35. The molecule has 25 heavy (non-hydrogen) atoms. The van der Waals surface area contributed by atoms with Crippen molar-refractivity contribution in [3.63, 3.8) is 0 Å². The Bertz CT molecular complexity index is 694. The van der Waals surface area contributed by atoms with Crippen molar-refractivity contribution in [2.75, 3.05) is 19.6 Å². The minimum Gasteiger partial charge on any atom is -0.354 e. The molecule has 0 aromatic heterocycles. The Balaban J connectivity index is 0.00000312. The van der Waals surface area contributed by atoms with Crippen molar-refractivity contribution in [2.45, 2.75) is 50.5 Å². The van der Waals surface area contributed by atoms with Crippen molar-refractivity contribution >= 4 is 28.3 Å². The lowest BCUT2D eigenvalue weighted by atomic mass is 10.1. The van der Waals surface area contributed by atoms with Gasteiger partial charge in [-0.3, -0.25) is 4.79 Å². The molecule has 6 nitrogen and oxygen atoms in total. The van der Waals surface area contributed by atoms with Crippen LogP contribution in [0.15, 0.2) is 23.1 Å². The Morgan fingerprint density at radius 2 is 2.04 bits per heavy atom. The van der Waals surface area contributed by atoms with Crippen LogP contribution in [0.3, 0.4) is 0 Å². The van der Waals surface area contributed by atoms with E-state index in [1.165, 1.54) is 0 Å². The van der Waals surface area contributed by atoms with Crippen LogP contribution >= 0.6 is 12.4 Å². The number of carbonyl (C=O) groups excluding carboxylic acids is 1. The number of hydrogen-bond acceptors (Lipinski definition) is 4. The number of rotatable bonds is 6. The molecule has 3 N–H and O–H groups in total. The number of amides is 1. The molecule has 0 saturated carbocycles. The highest BCUT2D eigenvalue weighted by Gasteiger charge is 2.34. The lowest BCUT2D eigenvalue weighted by molar-refractivity contribution is -0.121. The number of nitrogens with one attached hydrogen (secondary N) is 1. The van der Waals surface area contributed by atoms with Crippen LogP contribution in [-0.4, -0.2) is 44.3 Å². The standard InChI is InChI=1S/C17H27N3O3S.ClH/c1-13-6-7-14(2)16(11-13)24(22,23)20-10-4-3-5-15(20)12-19-17(21)8-9-18;/h6-7,11,15H,3-5,8-10,12,18H2,1-2H3,(H,19,21);1H. The molecule has 8 heteroatoms. The van der Waals surface area contributed by atoms with Gasteiger partial charge in [-0.05, 0) is 43.9 Å². The quantitative estimate of drug-likeness (QED) is 0.774. The Labute approximate surface area is 156 Å². The predicted octanol–water partition coefficient (Wildman–Crippen LogP) is 1.73. The molecule has 1 fully saturated rings. The average molecular weight is 390 g/mol. The van der Waals surface area contributed by atoms with Gasteiger partial charge in [0.1, 0.15) is 0 Å². The number of benzene rings is 1. The number of sulfonamides is 1. The number of aryl methyl sites for hydroxylation is 2. The number of halogens is 1. The van der Waals surface area contributed by atoms with Crippen LogP contribution in [0.2, 0.25) is 0 Å². The monoisotopic (exact) mass is 389 g/mol. The van der Waals surface area contributed by atoms with Gasteiger partial charge in [0.2, 0.25) is 15.9 Å². The minimum atomic E-state index is -3.57. The van der Waals surface area contributed by atoms with Crippen LogP contribution in [0.25, 0.3) is 0 Å². The summed E-state index contributed by atoms with van der Waals surface area (Å²) in [6, 6.07) is 5.27. The second kappa shape index (κ2) is 9.52. The maximum Gasteiger partial charge on any atom is 0.243 e. The predicted molar refractivity (Wildman–Crippen MR) is 101 cm³/mol. The van der Waals surface area contributed by atoms with Crippen LogP contribution in [0.5, 0.6) is 0 Å². The third-order valence-electron chi connectivity index (χ3n) is 4.41. The molecule has 1 aliphatic rings. The number of nitrogens with zero attached hydrogens (tertiary/aromatic N) is 1. The summed E-state index contributed by atoms with van der Waals surface area (Å²) >= 11 is 0. The van der Waals surface area contributed by atoms with Gasteiger partial charge in [-0.1, -0.05) is 18.6 Å². The van der Waals surface area contributed by atoms with Crippen molar-refractivity contribution in [1.82, 2.24) is 9.62 Å². The zero-order chi connectivity index (χ0) is 17.7. The third kappa shape index (κ3) is 5.41. The smallest absolute Gasteiger partial charge is 0.243 e. The summed E-state index contributed by atoms with van der Waals surface area (Å²) in [6.45, 7) is 4.82. The van der Waals surface area contributed by atoms with Crippen LogP contribution in [0.1, 0.15) is 36.8 Å². The molecule has 1 atom stereocenters. The highest BCUT2D eigenvalue weighted by molar-refractivity contribution is 7.89. The van der Waals surface area contributed by atoms with Gasteiger partial charge in [0, 0.05) is 32.1 Å². The fraction of sp³-hybridized carbons (Fsp3) is 0.588. The number of nitrogens with two attached hydrogens (primary N) is 1. The molecule has 1 heterocycles. The van der Waals surface area contributed by atoms with Crippen molar-refractivity contribution in [3.8, 4) is 0 Å². The Hall–Kier alpha value is -1.15. The maximum absolute atomic E-state index is 13.1. The summed E-state index contributed by atoms with van der Waals surface area (Å²) in [5.74, 6) is -0.132. The molecule has 142 valence electrons. The first-order valence-electron chi connectivity index (χ1n) is 8.42. The topological polar surface area (TPSA) is 92.5 Å². The Kier molecular flexibility index (Phi) is 8.34. The number of carbonyl (C=O) groups is 1. The highest BCUT2D eigenvalue weighted by atomic mass is 35.5. The first-order chi connectivity index (χ1) is 11.4. The lowest BCUT2D eigenvalue weighted by Crippen LogP contribution is -2.49. The molecule has 0 spiro atoms. The molecule has 1 saturated heterocycles. The first kappa shape index (κ1) is 21.9. The van der Waals surface area contributed by atoms with Crippen LogP contribution in [0, 0.1) is 13.8 Å². The number of piperidine rings is 1. The van der Waals surface area contributed by atoms with Gasteiger partial charge in [-0.2, -0.15) is 4.31 Å². The van der Waals surface area contributed by atoms with Gasteiger partial charge in [-0.15, -0.1) is 12.4 Å². The zero-order valence-corrected chi connectivity index (χ0v) is 16.5. The van der Waals surface area contributed by atoms with Crippen LogP contribution < -0.4 is 11.1 Å². The first-order valence-corrected chi connectivity index (χ1v) is 9.86.